The van der Waals surface area contributed by atoms with Gasteiger partial charge in [-0.05, 0) is 40.8 Å². The number of hydrogen-bond acceptors (Lipinski definition) is 3. The van der Waals surface area contributed by atoms with E-state index < -0.39 is 0 Å². The molecule has 0 aromatic heterocycles. The smallest absolute Gasteiger partial charge is 0.259 e. The number of fused-ring (bicyclic) bond motifs is 1. The molecule has 3 rings (SSSR count). The second-order valence-corrected chi connectivity index (χ2v) is 6.85. The van der Waals surface area contributed by atoms with Crippen molar-refractivity contribution >= 4 is 28.4 Å². The highest BCUT2D eigenvalue weighted by molar-refractivity contribution is 7.98. The summed E-state index contributed by atoms with van der Waals surface area (Å²) in [5.41, 5.74) is 2.12. The number of hydrogen-bond donors (Lipinski definition) is 0. The molecule has 1 amide bonds. The van der Waals surface area contributed by atoms with Gasteiger partial charge in [0.1, 0.15) is 5.75 Å². The zero-order valence-electron chi connectivity index (χ0n) is 14.7. The normalized spacial score (nSPS) is 10.7. The van der Waals surface area contributed by atoms with Gasteiger partial charge in [-0.3, -0.25) is 4.79 Å². The fourth-order valence-electron chi connectivity index (χ4n) is 2.72. The number of rotatable bonds is 5. The Kier molecular flexibility index (Phi) is 5.29. The van der Waals surface area contributed by atoms with Crippen molar-refractivity contribution in [1.29, 1.82) is 0 Å². The molecule has 0 fully saturated rings. The average molecular weight is 351 g/mol. The third-order valence-electron chi connectivity index (χ3n) is 4.10. The highest BCUT2D eigenvalue weighted by Gasteiger charge is 2.13. The van der Waals surface area contributed by atoms with E-state index in [0.717, 1.165) is 27.6 Å². The van der Waals surface area contributed by atoms with Crippen LogP contribution < -0.4 is 4.74 Å². The van der Waals surface area contributed by atoms with E-state index in [-0.39, 0.29) is 12.5 Å². The van der Waals surface area contributed by atoms with Crippen LogP contribution in [0.1, 0.15) is 0 Å². The molecule has 0 aliphatic carbocycles. The van der Waals surface area contributed by atoms with Gasteiger partial charge in [-0.25, -0.2) is 0 Å². The maximum Gasteiger partial charge on any atom is 0.259 e. The summed E-state index contributed by atoms with van der Waals surface area (Å²) < 4.78 is 5.90. The second kappa shape index (κ2) is 7.62. The summed E-state index contributed by atoms with van der Waals surface area (Å²) in [7, 11) is 3.46. The van der Waals surface area contributed by atoms with Crippen LogP contribution in [0.25, 0.3) is 21.9 Å². The maximum atomic E-state index is 11.9. The zero-order chi connectivity index (χ0) is 17.8. The summed E-state index contributed by atoms with van der Waals surface area (Å²) in [5, 5.41) is 2.27. The summed E-state index contributed by atoms with van der Waals surface area (Å²) in [6.07, 6.45) is 2.06. The van der Waals surface area contributed by atoms with Gasteiger partial charge in [0.2, 0.25) is 0 Å². The third-order valence-corrected chi connectivity index (χ3v) is 4.82. The molecule has 0 aliphatic rings. The van der Waals surface area contributed by atoms with E-state index in [1.165, 1.54) is 9.80 Å². The molecular weight excluding hydrogens is 330 g/mol. The summed E-state index contributed by atoms with van der Waals surface area (Å²) in [4.78, 5) is 14.7. The average Bonchev–Trinajstić information content (AvgIpc) is 2.65. The van der Waals surface area contributed by atoms with Gasteiger partial charge < -0.3 is 9.64 Å². The van der Waals surface area contributed by atoms with Crippen LogP contribution in [0.15, 0.2) is 65.6 Å². The largest absolute Gasteiger partial charge is 0.483 e. The first-order valence-electron chi connectivity index (χ1n) is 8.09. The van der Waals surface area contributed by atoms with E-state index in [1.54, 1.807) is 25.9 Å². The van der Waals surface area contributed by atoms with E-state index in [1.807, 2.05) is 24.3 Å². The molecule has 0 spiro atoms. The van der Waals surface area contributed by atoms with Gasteiger partial charge in [0.15, 0.2) is 6.61 Å². The molecule has 128 valence electrons. The van der Waals surface area contributed by atoms with Crippen molar-refractivity contribution in [2.24, 2.45) is 0 Å². The topological polar surface area (TPSA) is 29.5 Å². The SMILES string of the molecule is CSc1cccc(-c2c(OCC(=O)N(C)C)ccc3ccccc23)c1. The summed E-state index contributed by atoms with van der Waals surface area (Å²) >= 11 is 1.71. The van der Waals surface area contributed by atoms with Gasteiger partial charge in [0.25, 0.3) is 5.91 Å². The van der Waals surface area contributed by atoms with Crippen LogP contribution >= 0.6 is 11.8 Å². The lowest BCUT2D eigenvalue weighted by Gasteiger charge is -2.16. The predicted octanol–water partition coefficient (Wildman–Crippen LogP) is 4.70. The van der Waals surface area contributed by atoms with Crippen LogP contribution in [0, 0.1) is 0 Å². The monoisotopic (exact) mass is 351 g/mol. The van der Waals surface area contributed by atoms with Crippen LogP contribution in [-0.2, 0) is 4.79 Å². The molecule has 0 heterocycles. The molecule has 3 aromatic carbocycles. The molecule has 3 nitrogen and oxygen atoms in total. The Hall–Kier alpha value is -2.46. The molecule has 0 N–H and O–H groups in total. The number of amides is 1. The van der Waals surface area contributed by atoms with Crippen molar-refractivity contribution in [2.45, 2.75) is 4.90 Å². The van der Waals surface area contributed by atoms with Crippen LogP contribution in [0.4, 0.5) is 0 Å². The van der Waals surface area contributed by atoms with Crippen molar-refractivity contribution in [3.63, 3.8) is 0 Å². The Labute approximate surface area is 152 Å². The number of carbonyl (C=O) groups is 1. The number of carbonyl (C=O) groups excluding carboxylic acids is 1. The highest BCUT2D eigenvalue weighted by Crippen LogP contribution is 2.38. The maximum absolute atomic E-state index is 11.9. The molecule has 0 aliphatic heterocycles. The molecular formula is C21H21NO2S. The number of thioether (sulfide) groups is 1. The first kappa shape index (κ1) is 17.4. The first-order chi connectivity index (χ1) is 12.1. The third kappa shape index (κ3) is 3.80. The Morgan fingerprint density at radius 3 is 2.60 bits per heavy atom. The quantitative estimate of drug-likeness (QED) is 0.624. The number of likely N-dealkylation sites (N-methyl/N-ethyl adjacent to an activating group) is 1. The van der Waals surface area contributed by atoms with Crippen LogP contribution in [0.2, 0.25) is 0 Å². The number of nitrogens with zero attached hydrogens (tertiary/aromatic N) is 1. The number of ether oxygens (including phenoxy) is 1. The number of benzene rings is 3. The van der Waals surface area contributed by atoms with Gasteiger partial charge in [-0.1, -0.05) is 42.5 Å². The Balaban J connectivity index is 2.11. The Morgan fingerprint density at radius 2 is 1.84 bits per heavy atom. The first-order valence-corrected chi connectivity index (χ1v) is 9.32. The predicted molar refractivity (Wildman–Crippen MR) is 105 cm³/mol. The molecule has 4 heteroatoms. The molecule has 0 unspecified atom stereocenters. The van der Waals surface area contributed by atoms with E-state index >= 15 is 0 Å². The van der Waals surface area contributed by atoms with Crippen molar-refractivity contribution in [1.82, 2.24) is 4.90 Å². The van der Waals surface area contributed by atoms with Gasteiger partial charge in [0, 0.05) is 24.6 Å². The minimum atomic E-state index is -0.0584. The van der Waals surface area contributed by atoms with Crippen molar-refractivity contribution in [3.05, 3.63) is 60.7 Å². The fourth-order valence-corrected chi connectivity index (χ4v) is 3.18. The van der Waals surface area contributed by atoms with E-state index in [2.05, 4.69) is 42.7 Å². The molecule has 25 heavy (non-hydrogen) atoms. The van der Waals surface area contributed by atoms with Crippen molar-refractivity contribution in [3.8, 4) is 16.9 Å². The zero-order valence-corrected chi connectivity index (χ0v) is 15.5. The van der Waals surface area contributed by atoms with E-state index in [0.29, 0.717) is 0 Å². The lowest BCUT2D eigenvalue weighted by Crippen LogP contribution is -2.27. The lowest BCUT2D eigenvalue weighted by atomic mass is 9.97. The van der Waals surface area contributed by atoms with Gasteiger partial charge in [0.05, 0.1) is 0 Å². The Morgan fingerprint density at radius 1 is 1.04 bits per heavy atom. The fraction of sp³-hybridized carbons (Fsp3) is 0.190. The second-order valence-electron chi connectivity index (χ2n) is 5.97. The molecule has 0 bridgehead atoms. The lowest BCUT2D eigenvalue weighted by molar-refractivity contribution is -0.130. The van der Waals surface area contributed by atoms with E-state index in [9.17, 15) is 4.79 Å². The minimum absolute atomic E-state index is 0.0283. The standard InChI is InChI=1S/C21H21NO2S/c1-22(2)20(23)14-24-19-12-11-15-7-4-5-10-18(15)21(19)16-8-6-9-17(13-16)25-3/h4-13H,14H2,1-3H3. The molecule has 3 aromatic rings. The van der Waals surface area contributed by atoms with Gasteiger partial charge >= 0.3 is 0 Å². The molecule has 0 saturated carbocycles. The van der Waals surface area contributed by atoms with Crippen LogP contribution in [0.3, 0.4) is 0 Å². The minimum Gasteiger partial charge on any atom is -0.483 e. The van der Waals surface area contributed by atoms with Crippen molar-refractivity contribution in [2.75, 3.05) is 27.0 Å². The summed E-state index contributed by atoms with van der Waals surface area (Å²) in [5.74, 6) is 0.670. The Bertz CT molecular complexity index is 905. The molecule has 0 saturated heterocycles. The van der Waals surface area contributed by atoms with Crippen molar-refractivity contribution < 1.29 is 9.53 Å². The van der Waals surface area contributed by atoms with Crippen LogP contribution in [0.5, 0.6) is 5.75 Å². The van der Waals surface area contributed by atoms with Gasteiger partial charge in [-0.2, -0.15) is 0 Å². The molecule has 0 radical (unpaired) electrons. The van der Waals surface area contributed by atoms with Crippen LogP contribution in [-0.4, -0.2) is 37.8 Å². The van der Waals surface area contributed by atoms with E-state index in [4.69, 9.17) is 4.74 Å². The highest BCUT2D eigenvalue weighted by atomic mass is 32.2. The summed E-state index contributed by atoms with van der Waals surface area (Å²) in [6.45, 7) is 0.0283. The molecule has 0 atom stereocenters. The van der Waals surface area contributed by atoms with Gasteiger partial charge in [-0.15, -0.1) is 11.8 Å². The summed E-state index contributed by atoms with van der Waals surface area (Å²) in [6, 6.07) is 20.6.